The molecule has 2 aromatic carbocycles. The summed E-state index contributed by atoms with van der Waals surface area (Å²) in [6.07, 6.45) is 2.74. The third-order valence-electron chi connectivity index (χ3n) is 7.89. The van der Waals surface area contributed by atoms with Crippen LogP contribution in [0, 0.1) is 13.8 Å². The second kappa shape index (κ2) is 22.8. The molecule has 19 nitrogen and oxygen atoms in total. The molecule has 0 saturated carbocycles. The summed E-state index contributed by atoms with van der Waals surface area (Å²) < 4.78 is 97.4. The highest BCUT2D eigenvalue weighted by molar-refractivity contribution is 6.16. The third-order valence-corrected chi connectivity index (χ3v) is 8.16. The van der Waals surface area contributed by atoms with E-state index in [0.717, 1.165) is 43.2 Å². The van der Waals surface area contributed by atoms with Crippen LogP contribution in [0.25, 0.3) is 46.2 Å². The minimum Gasteiger partial charge on any atom is -0.406 e. The van der Waals surface area contributed by atoms with Crippen molar-refractivity contribution in [3.63, 3.8) is 0 Å². The number of hydrogen-bond acceptors (Lipinski definition) is 17. The van der Waals surface area contributed by atoms with Crippen LogP contribution in [-0.4, -0.2) is 96.1 Å². The van der Waals surface area contributed by atoms with Gasteiger partial charge in [-0.2, -0.15) is 9.97 Å². The molecule has 0 radical (unpaired) electrons. The van der Waals surface area contributed by atoms with Gasteiger partial charge in [-0.05, 0) is 75.2 Å². The average Bonchev–Trinajstić information content (AvgIpc) is 4.14. The summed E-state index contributed by atoms with van der Waals surface area (Å²) in [5, 5.41) is 18.4. The zero-order valence-electron chi connectivity index (χ0n) is 33.3. The first-order valence-corrected chi connectivity index (χ1v) is 19.1. The minimum atomic E-state index is -4.76. The zero-order chi connectivity index (χ0) is 45.5. The van der Waals surface area contributed by atoms with E-state index in [1.807, 2.05) is 0 Å². The lowest BCUT2D eigenvalue weighted by molar-refractivity contribution is -0.275. The van der Waals surface area contributed by atoms with E-state index in [0.29, 0.717) is 40.9 Å². The van der Waals surface area contributed by atoms with Gasteiger partial charge in [-0.3, -0.25) is 25.0 Å². The van der Waals surface area contributed by atoms with E-state index in [1.54, 1.807) is 55.7 Å². The summed E-state index contributed by atoms with van der Waals surface area (Å²) in [5.74, 6) is 2.00. The van der Waals surface area contributed by atoms with Gasteiger partial charge >= 0.3 is 12.7 Å². The number of aromatic nitrogens is 14. The Balaban J connectivity index is 0.000000192. The molecule has 65 heavy (non-hydrogen) atoms. The number of H-pyrrole nitrogens is 1. The van der Waals surface area contributed by atoms with Crippen molar-refractivity contribution in [1.82, 2.24) is 70.2 Å². The van der Waals surface area contributed by atoms with Crippen LogP contribution in [0.5, 0.6) is 11.5 Å². The Morgan fingerprint density at radius 3 is 1.57 bits per heavy atom. The number of alkyl halides is 7. The Bertz CT molecular complexity index is 2620. The lowest BCUT2D eigenvalue weighted by Gasteiger charge is -2.08. The minimum absolute atomic E-state index is 0. The van der Waals surface area contributed by atoms with E-state index in [2.05, 4.69) is 75.0 Å². The highest BCUT2D eigenvalue weighted by Gasteiger charge is 2.32. The molecule has 6 aromatic heterocycles. The molecule has 0 atom stereocenters. The quantitative estimate of drug-likeness (QED) is 0.106. The van der Waals surface area contributed by atoms with Gasteiger partial charge in [0.25, 0.3) is 11.8 Å². The van der Waals surface area contributed by atoms with Crippen molar-refractivity contribution in [2.75, 3.05) is 13.2 Å². The van der Waals surface area contributed by atoms with Gasteiger partial charge < -0.3 is 23.3 Å². The number of aromatic amines is 1. The molecular weight excluding hydrogens is 894 g/mol. The van der Waals surface area contributed by atoms with E-state index < -0.39 is 12.7 Å². The second-order valence-electron chi connectivity index (χ2n) is 12.7. The van der Waals surface area contributed by atoms with Gasteiger partial charge in [-0.25, -0.2) is 14.6 Å². The number of aryl methyl sites for hydroxylation is 2. The Hall–Kier alpha value is -7.41. The molecule has 1 aliphatic heterocycles. The monoisotopic (exact) mass is 930 g/mol. The molecule has 7 heterocycles. The predicted octanol–water partition coefficient (Wildman–Crippen LogP) is 8.42. The molecule has 1 saturated heterocycles. The van der Waals surface area contributed by atoms with Crippen molar-refractivity contribution in [3.05, 3.63) is 109 Å². The van der Waals surface area contributed by atoms with E-state index >= 15 is 0 Å². The molecule has 0 bridgehead atoms. The van der Waals surface area contributed by atoms with Crippen molar-refractivity contribution >= 4 is 11.6 Å². The zero-order valence-corrected chi connectivity index (χ0v) is 34.1. The van der Waals surface area contributed by atoms with Gasteiger partial charge in [-0.15, -0.1) is 48.1 Å². The molecular formula is C39H37ClF6N14O5. The highest BCUT2D eigenvalue weighted by Crippen LogP contribution is 2.28. The Morgan fingerprint density at radius 1 is 0.662 bits per heavy atom. The van der Waals surface area contributed by atoms with Crippen LogP contribution in [0.3, 0.4) is 0 Å². The van der Waals surface area contributed by atoms with Gasteiger partial charge in [0, 0.05) is 55.3 Å². The molecule has 9 rings (SSSR count). The number of hydrogen-bond donors (Lipinski definition) is 1. The lowest BCUT2D eigenvalue weighted by Crippen LogP contribution is -2.16. The summed E-state index contributed by atoms with van der Waals surface area (Å²) in [6, 6.07) is 10.2. The summed E-state index contributed by atoms with van der Waals surface area (Å²) in [4.78, 5) is 32.5. The standard InChI is InChI=1S/C17H12F3N7O2.C12H8F3N5O2.C5H5ClN2.C4H8O.CH4/c1-10-23-15(25-27(10)9-12-8-21-6-7-22-12)16-24-14(26-29-16)11-2-4-13(5-3-11)28-17(18,19)20;1-6-16-10(19-18-6)11-17-9(20-22-11)7-2-4-8(5-3-7)21-12(13,14)15;6-3-5-4-7-1-2-8-5;1-2-4-5-3-1;/h2-8H,9H2,1H3;2-5H,1H3,(H,16,18,19);1-2,4H,3H2;1-4H2;1H4. The second-order valence-corrected chi connectivity index (χ2v) is 13.0. The fourth-order valence-corrected chi connectivity index (χ4v) is 5.19. The van der Waals surface area contributed by atoms with Crippen LogP contribution in [-0.2, 0) is 17.2 Å². The number of ether oxygens (including phenoxy) is 3. The van der Waals surface area contributed by atoms with Crippen LogP contribution < -0.4 is 9.47 Å². The van der Waals surface area contributed by atoms with Crippen molar-refractivity contribution in [2.24, 2.45) is 0 Å². The average molecular weight is 931 g/mol. The SMILES string of the molecule is C.C1CCOC1.Cc1nc(-c2nc(-c3ccc(OC(F)(F)F)cc3)no2)n[nH]1.Cc1nc(-c2nc(-c3ccc(OC(F)(F)F)cc3)no2)nn1Cc1cnccn1.ClCc1cnccn1. The van der Waals surface area contributed by atoms with Gasteiger partial charge in [0.2, 0.25) is 23.3 Å². The normalized spacial score (nSPS) is 12.1. The molecule has 342 valence electrons. The summed E-state index contributed by atoms with van der Waals surface area (Å²) in [7, 11) is 0. The molecule has 1 N–H and O–H groups in total. The van der Waals surface area contributed by atoms with Crippen LogP contribution in [0.1, 0.15) is 43.3 Å². The number of nitrogens with zero attached hydrogens (tertiary/aromatic N) is 13. The molecule has 8 aromatic rings. The van der Waals surface area contributed by atoms with Gasteiger partial charge in [-0.1, -0.05) is 17.7 Å². The first kappa shape index (κ1) is 48.6. The van der Waals surface area contributed by atoms with Gasteiger partial charge in [0.1, 0.15) is 23.1 Å². The topological polar surface area (TPSA) is 229 Å². The smallest absolute Gasteiger partial charge is 0.406 e. The van der Waals surface area contributed by atoms with Crippen LogP contribution in [0.15, 0.2) is 94.8 Å². The summed E-state index contributed by atoms with van der Waals surface area (Å²) in [6.45, 7) is 5.85. The molecule has 0 aliphatic carbocycles. The molecule has 0 unspecified atom stereocenters. The Kier molecular flexibility index (Phi) is 17.0. The Labute approximate surface area is 369 Å². The van der Waals surface area contributed by atoms with Crippen molar-refractivity contribution in [3.8, 4) is 57.7 Å². The first-order chi connectivity index (χ1) is 30.7. The van der Waals surface area contributed by atoms with Crippen molar-refractivity contribution in [2.45, 2.75) is 59.3 Å². The predicted molar refractivity (Wildman–Crippen MR) is 216 cm³/mol. The Morgan fingerprint density at radius 2 is 1.17 bits per heavy atom. The molecule has 0 amide bonds. The number of halogens is 7. The van der Waals surface area contributed by atoms with Crippen LogP contribution in [0.2, 0.25) is 0 Å². The number of nitrogens with one attached hydrogen (secondary N) is 1. The summed E-state index contributed by atoms with van der Waals surface area (Å²) >= 11 is 5.42. The van der Waals surface area contributed by atoms with E-state index in [4.69, 9.17) is 25.4 Å². The largest absolute Gasteiger partial charge is 0.573 e. The van der Waals surface area contributed by atoms with Crippen LogP contribution >= 0.6 is 11.6 Å². The molecule has 0 spiro atoms. The van der Waals surface area contributed by atoms with Crippen molar-refractivity contribution < 1.29 is 49.6 Å². The van der Waals surface area contributed by atoms with Gasteiger partial charge in [0.15, 0.2) is 0 Å². The lowest BCUT2D eigenvalue weighted by atomic mass is 10.2. The summed E-state index contributed by atoms with van der Waals surface area (Å²) in [5.41, 5.74) is 2.44. The highest BCUT2D eigenvalue weighted by atomic mass is 35.5. The maximum atomic E-state index is 12.2. The molecule has 1 fully saturated rings. The first-order valence-electron chi connectivity index (χ1n) is 18.6. The van der Waals surface area contributed by atoms with Crippen molar-refractivity contribution in [1.29, 1.82) is 0 Å². The fourth-order valence-electron chi connectivity index (χ4n) is 5.05. The van der Waals surface area contributed by atoms with E-state index in [1.165, 1.54) is 37.1 Å². The maximum Gasteiger partial charge on any atom is 0.573 e. The maximum absolute atomic E-state index is 12.2. The van der Waals surface area contributed by atoms with Crippen LogP contribution in [0.4, 0.5) is 26.3 Å². The number of benzene rings is 2. The molecule has 26 heteroatoms. The van der Waals surface area contributed by atoms with E-state index in [-0.39, 0.29) is 54.0 Å². The fraction of sp³-hybridized carbons (Fsp3) is 0.282. The molecule has 1 aliphatic rings. The third kappa shape index (κ3) is 15.4. The van der Waals surface area contributed by atoms with E-state index in [9.17, 15) is 26.3 Å². The number of rotatable bonds is 9. The van der Waals surface area contributed by atoms with Gasteiger partial charge in [0.05, 0.1) is 30.0 Å².